The van der Waals surface area contributed by atoms with E-state index in [9.17, 15) is 9.59 Å². The highest BCUT2D eigenvalue weighted by Crippen LogP contribution is 2.18. The summed E-state index contributed by atoms with van der Waals surface area (Å²) in [7, 11) is 0. The highest BCUT2D eigenvalue weighted by Gasteiger charge is 2.25. The van der Waals surface area contributed by atoms with E-state index in [-0.39, 0.29) is 11.9 Å². The maximum Gasteiger partial charge on any atom is 0.317 e. The summed E-state index contributed by atoms with van der Waals surface area (Å²) in [6, 6.07) is 3.74. The van der Waals surface area contributed by atoms with Crippen LogP contribution in [0.15, 0.2) is 18.5 Å². The minimum atomic E-state index is -0.0878. The summed E-state index contributed by atoms with van der Waals surface area (Å²) >= 11 is 1.51. The molecule has 3 heterocycles. The van der Waals surface area contributed by atoms with Crippen LogP contribution < -0.4 is 5.32 Å². The van der Waals surface area contributed by atoms with E-state index in [0.717, 1.165) is 22.0 Å². The van der Waals surface area contributed by atoms with E-state index in [2.05, 4.69) is 15.5 Å². The van der Waals surface area contributed by atoms with Crippen molar-refractivity contribution in [2.45, 2.75) is 26.8 Å². The van der Waals surface area contributed by atoms with Crippen molar-refractivity contribution in [1.29, 1.82) is 0 Å². The van der Waals surface area contributed by atoms with Gasteiger partial charge in [-0.05, 0) is 19.1 Å². The number of carbonyl (C=O) groups is 2. The number of piperazine rings is 1. The Balaban J connectivity index is 1.42. The van der Waals surface area contributed by atoms with Crippen LogP contribution in [0, 0.1) is 6.92 Å². The van der Waals surface area contributed by atoms with Gasteiger partial charge in [-0.3, -0.25) is 4.79 Å². The van der Waals surface area contributed by atoms with E-state index in [1.54, 1.807) is 11.2 Å². The minimum Gasteiger partial charge on any atom is -0.336 e. The second kappa shape index (κ2) is 8.31. The van der Waals surface area contributed by atoms with Crippen molar-refractivity contribution in [2.75, 3.05) is 32.7 Å². The molecule has 2 aromatic rings. The maximum atomic E-state index is 12.5. The monoisotopic (exact) mass is 376 g/mol. The van der Waals surface area contributed by atoms with Gasteiger partial charge in [-0.15, -0.1) is 21.5 Å². The van der Waals surface area contributed by atoms with Crippen LogP contribution in [0.5, 0.6) is 0 Å². The van der Waals surface area contributed by atoms with E-state index in [1.165, 1.54) is 11.3 Å². The summed E-state index contributed by atoms with van der Waals surface area (Å²) in [5, 5.41) is 10.8. The number of hydrogen-bond acceptors (Lipinski definition) is 5. The van der Waals surface area contributed by atoms with Gasteiger partial charge in [0.2, 0.25) is 0 Å². The van der Waals surface area contributed by atoms with Gasteiger partial charge in [0.05, 0.1) is 4.88 Å². The van der Waals surface area contributed by atoms with Gasteiger partial charge in [0.25, 0.3) is 5.91 Å². The Labute approximate surface area is 156 Å². The number of nitrogens with zero attached hydrogens (tertiary/aromatic N) is 5. The average Bonchev–Trinajstić information content (AvgIpc) is 3.29. The maximum absolute atomic E-state index is 12.5. The number of thiophene rings is 1. The number of rotatable bonds is 5. The predicted octanol–water partition coefficient (Wildman–Crippen LogP) is 1.38. The van der Waals surface area contributed by atoms with E-state index < -0.39 is 0 Å². The molecule has 0 aromatic carbocycles. The van der Waals surface area contributed by atoms with Crippen LogP contribution in [-0.2, 0) is 13.0 Å². The van der Waals surface area contributed by atoms with Gasteiger partial charge in [0.1, 0.15) is 12.2 Å². The Hall–Kier alpha value is -2.42. The van der Waals surface area contributed by atoms with E-state index in [0.29, 0.717) is 39.3 Å². The topological polar surface area (TPSA) is 83.4 Å². The average molecular weight is 376 g/mol. The van der Waals surface area contributed by atoms with Gasteiger partial charge in [0, 0.05) is 50.6 Å². The molecule has 140 valence electrons. The molecule has 0 radical (unpaired) electrons. The smallest absolute Gasteiger partial charge is 0.317 e. The second-order valence-corrected chi connectivity index (χ2v) is 7.50. The van der Waals surface area contributed by atoms with E-state index >= 15 is 0 Å². The summed E-state index contributed by atoms with van der Waals surface area (Å²) in [6.07, 6.45) is 2.50. The second-order valence-electron chi connectivity index (χ2n) is 6.22. The molecule has 0 unspecified atom stereocenters. The largest absolute Gasteiger partial charge is 0.336 e. The van der Waals surface area contributed by atoms with E-state index in [4.69, 9.17) is 0 Å². The summed E-state index contributed by atoms with van der Waals surface area (Å²) in [5.41, 5.74) is 0. The van der Waals surface area contributed by atoms with Crippen LogP contribution >= 0.6 is 11.3 Å². The number of hydrogen-bond donors (Lipinski definition) is 1. The third kappa shape index (κ3) is 4.21. The molecule has 2 aromatic heterocycles. The first-order valence-corrected chi connectivity index (χ1v) is 9.65. The fraction of sp³-hybridized carbons (Fsp3) is 0.529. The van der Waals surface area contributed by atoms with Crippen molar-refractivity contribution in [3.05, 3.63) is 34.0 Å². The Kier molecular flexibility index (Phi) is 5.87. The van der Waals surface area contributed by atoms with Gasteiger partial charge in [-0.25, -0.2) is 4.79 Å². The van der Waals surface area contributed by atoms with Crippen molar-refractivity contribution in [2.24, 2.45) is 0 Å². The molecule has 0 aliphatic carbocycles. The van der Waals surface area contributed by atoms with E-state index in [1.807, 2.05) is 35.4 Å². The summed E-state index contributed by atoms with van der Waals surface area (Å²) in [4.78, 5) is 30.2. The van der Waals surface area contributed by atoms with Gasteiger partial charge < -0.3 is 19.7 Å². The molecule has 0 saturated carbocycles. The molecular formula is C17H24N6O2S. The fourth-order valence-electron chi connectivity index (χ4n) is 2.95. The third-order valence-electron chi connectivity index (χ3n) is 4.45. The molecule has 0 atom stereocenters. The third-order valence-corrected chi connectivity index (χ3v) is 5.43. The molecule has 9 heteroatoms. The Bertz CT molecular complexity index is 763. The standard InChI is InChI=1S/C17H24N6O2S/c1-3-15-20-19-12-23(15)7-6-18-17(25)22-10-8-21(9-11-22)16(24)14-5-4-13(2)26-14/h4-5,12H,3,6-11H2,1-2H3,(H,18,25). The molecule has 0 bridgehead atoms. The lowest BCUT2D eigenvalue weighted by atomic mass is 10.3. The van der Waals surface area contributed by atoms with Crippen molar-refractivity contribution in [3.63, 3.8) is 0 Å². The Morgan fingerprint density at radius 3 is 2.58 bits per heavy atom. The molecule has 1 N–H and O–H groups in total. The van der Waals surface area contributed by atoms with Gasteiger partial charge in [-0.1, -0.05) is 6.92 Å². The molecule has 1 fully saturated rings. The minimum absolute atomic E-state index is 0.0582. The first-order chi connectivity index (χ1) is 12.6. The first kappa shape index (κ1) is 18.4. The lowest BCUT2D eigenvalue weighted by molar-refractivity contribution is 0.0670. The quantitative estimate of drug-likeness (QED) is 0.854. The molecule has 26 heavy (non-hydrogen) atoms. The molecule has 1 aliphatic rings. The highest BCUT2D eigenvalue weighted by atomic mass is 32.1. The van der Waals surface area contributed by atoms with Gasteiger partial charge in [0.15, 0.2) is 0 Å². The van der Waals surface area contributed by atoms with Crippen molar-refractivity contribution < 1.29 is 9.59 Å². The number of urea groups is 1. The molecule has 3 rings (SSSR count). The first-order valence-electron chi connectivity index (χ1n) is 8.83. The molecule has 0 spiro atoms. The van der Waals surface area contributed by atoms with Crippen LogP contribution in [0.25, 0.3) is 0 Å². The van der Waals surface area contributed by atoms with Crippen molar-refractivity contribution in [1.82, 2.24) is 29.9 Å². The van der Waals surface area contributed by atoms with Crippen molar-refractivity contribution in [3.8, 4) is 0 Å². The van der Waals surface area contributed by atoms with Crippen LogP contribution in [0.2, 0.25) is 0 Å². The van der Waals surface area contributed by atoms with Crippen molar-refractivity contribution >= 4 is 23.3 Å². The zero-order chi connectivity index (χ0) is 18.5. The normalized spacial score (nSPS) is 14.5. The lowest BCUT2D eigenvalue weighted by Gasteiger charge is -2.34. The highest BCUT2D eigenvalue weighted by molar-refractivity contribution is 7.13. The number of aromatic nitrogens is 3. The molecular weight excluding hydrogens is 352 g/mol. The summed E-state index contributed by atoms with van der Waals surface area (Å²) in [5.74, 6) is 0.970. The predicted molar refractivity (Wildman–Crippen MR) is 99.3 cm³/mol. The van der Waals surface area contributed by atoms with Gasteiger partial charge >= 0.3 is 6.03 Å². The SMILES string of the molecule is CCc1nncn1CCNC(=O)N1CCN(C(=O)c2ccc(C)s2)CC1. The molecule has 1 saturated heterocycles. The van der Waals surface area contributed by atoms with Gasteiger partial charge in [-0.2, -0.15) is 0 Å². The van der Waals surface area contributed by atoms with Crippen LogP contribution in [0.3, 0.4) is 0 Å². The molecule has 8 nitrogen and oxygen atoms in total. The molecule has 1 aliphatic heterocycles. The number of amides is 3. The Morgan fingerprint density at radius 2 is 1.92 bits per heavy atom. The number of aryl methyl sites for hydroxylation is 2. The lowest BCUT2D eigenvalue weighted by Crippen LogP contribution is -2.53. The molecule has 3 amide bonds. The zero-order valence-electron chi connectivity index (χ0n) is 15.1. The van der Waals surface area contributed by atoms with Crippen LogP contribution in [0.1, 0.15) is 27.3 Å². The summed E-state index contributed by atoms with van der Waals surface area (Å²) in [6.45, 7) is 7.42. The number of carbonyl (C=O) groups excluding carboxylic acids is 2. The zero-order valence-corrected chi connectivity index (χ0v) is 16.0. The van der Waals surface area contributed by atoms with Crippen LogP contribution in [0.4, 0.5) is 4.79 Å². The fourth-order valence-corrected chi connectivity index (χ4v) is 3.79. The summed E-state index contributed by atoms with van der Waals surface area (Å²) < 4.78 is 1.94. The number of nitrogens with one attached hydrogen (secondary N) is 1. The van der Waals surface area contributed by atoms with Crippen LogP contribution in [-0.4, -0.2) is 69.2 Å². The Morgan fingerprint density at radius 1 is 1.19 bits per heavy atom.